The van der Waals surface area contributed by atoms with E-state index in [1.54, 1.807) is 7.11 Å². The Morgan fingerprint density at radius 3 is 2.74 bits per heavy atom. The largest absolute Gasteiger partial charge is 0.548 e. The van der Waals surface area contributed by atoms with E-state index >= 15 is 0 Å². The number of aryl methyl sites for hydroxylation is 2. The number of nitrogens with one attached hydrogen (secondary N) is 1. The van der Waals surface area contributed by atoms with Gasteiger partial charge in [-0.25, -0.2) is 0 Å². The van der Waals surface area contributed by atoms with Gasteiger partial charge in [-0.05, 0) is 36.5 Å². The van der Waals surface area contributed by atoms with E-state index in [9.17, 15) is 0 Å². The molecule has 1 fully saturated rings. The van der Waals surface area contributed by atoms with Gasteiger partial charge in [-0.15, -0.1) is 0 Å². The van der Waals surface area contributed by atoms with Crippen LogP contribution in [0, 0.1) is 0 Å². The maximum Gasteiger partial charge on any atom is 0.548 e. The van der Waals surface area contributed by atoms with Crippen LogP contribution >= 0.6 is 0 Å². The molecule has 100 valence electrons. The van der Waals surface area contributed by atoms with Crippen LogP contribution in [-0.2, 0) is 14.1 Å². The summed E-state index contributed by atoms with van der Waals surface area (Å²) < 4.78 is 9.30. The standard InChI is InChI=1S/C14H19N4O/c1-17-13-8-7-11(19-3)9-12(13)16-18(2)14(17)15-10-5-4-6-10/h7-10H,4-6H2,1-3H3/q+1/p+1. The first-order chi connectivity index (χ1) is 9.19. The molecule has 19 heavy (non-hydrogen) atoms. The van der Waals surface area contributed by atoms with Crippen molar-refractivity contribution in [2.75, 3.05) is 12.4 Å². The molecule has 0 radical (unpaired) electrons. The van der Waals surface area contributed by atoms with Gasteiger partial charge in [0.1, 0.15) is 25.9 Å². The number of aromatic nitrogens is 3. The van der Waals surface area contributed by atoms with Crippen LogP contribution in [0.5, 0.6) is 5.75 Å². The van der Waals surface area contributed by atoms with Gasteiger partial charge >= 0.3 is 5.95 Å². The van der Waals surface area contributed by atoms with Gasteiger partial charge in [0, 0.05) is 6.07 Å². The summed E-state index contributed by atoms with van der Waals surface area (Å²) in [6.07, 6.45) is 3.82. The van der Waals surface area contributed by atoms with E-state index in [2.05, 4.69) is 22.0 Å². The molecule has 1 aliphatic rings. The van der Waals surface area contributed by atoms with E-state index in [4.69, 9.17) is 4.74 Å². The molecule has 0 saturated heterocycles. The van der Waals surface area contributed by atoms with E-state index < -0.39 is 0 Å². The minimum Gasteiger partial charge on any atom is -0.497 e. The van der Waals surface area contributed by atoms with Crippen molar-refractivity contribution >= 4 is 17.0 Å². The molecule has 2 aromatic rings. The lowest BCUT2D eigenvalue weighted by Gasteiger charge is -2.19. The summed E-state index contributed by atoms with van der Waals surface area (Å²) in [4.78, 5) is 0. The Bertz CT molecular complexity index is 622. The Hall–Kier alpha value is -1.91. The first kappa shape index (κ1) is 12.1. The Morgan fingerprint density at radius 2 is 2.11 bits per heavy atom. The number of nitrogens with zero attached hydrogens (tertiary/aromatic N) is 3. The number of methoxy groups -OCH3 is 1. The molecule has 1 aromatic carbocycles. The zero-order valence-electron chi connectivity index (χ0n) is 11.7. The molecule has 5 nitrogen and oxygen atoms in total. The van der Waals surface area contributed by atoms with Gasteiger partial charge in [0.25, 0.3) is 0 Å². The van der Waals surface area contributed by atoms with Crippen LogP contribution in [0.25, 0.3) is 11.0 Å². The first-order valence-corrected chi connectivity index (χ1v) is 6.69. The number of fused-ring (bicyclic) bond motifs is 1. The van der Waals surface area contributed by atoms with E-state index in [-0.39, 0.29) is 0 Å². The normalized spacial score (nSPS) is 15.3. The third-order valence-corrected chi connectivity index (χ3v) is 3.86. The van der Waals surface area contributed by atoms with E-state index in [0.29, 0.717) is 6.04 Å². The second-order valence-electron chi connectivity index (χ2n) is 5.13. The smallest absolute Gasteiger partial charge is 0.497 e. The molecule has 0 aliphatic heterocycles. The topological polar surface area (TPSA) is 41.9 Å². The molecule has 1 heterocycles. The number of hydrogen-bond acceptors (Lipinski definition) is 3. The van der Waals surface area contributed by atoms with E-state index in [0.717, 1.165) is 22.7 Å². The molecular weight excluding hydrogens is 240 g/mol. The number of anilines is 1. The molecule has 0 atom stereocenters. The van der Waals surface area contributed by atoms with Gasteiger partial charge < -0.3 is 4.74 Å². The van der Waals surface area contributed by atoms with E-state index in [1.807, 2.05) is 29.9 Å². The Labute approximate surface area is 112 Å². The summed E-state index contributed by atoms with van der Waals surface area (Å²) in [5.41, 5.74) is 2.03. The maximum atomic E-state index is 5.25. The Morgan fingerprint density at radius 1 is 1.32 bits per heavy atom. The van der Waals surface area contributed by atoms with E-state index in [1.165, 1.54) is 19.3 Å². The van der Waals surface area contributed by atoms with Gasteiger partial charge in [0.15, 0.2) is 11.0 Å². The van der Waals surface area contributed by atoms with Gasteiger partial charge in [-0.1, -0.05) is 4.68 Å². The summed E-state index contributed by atoms with van der Waals surface area (Å²) in [5, 5.41) is 8.18. The predicted molar refractivity (Wildman–Crippen MR) is 71.9 cm³/mol. The molecule has 1 aromatic heterocycles. The van der Waals surface area contributed by atoms with Crippen molar-refractivity contribution in [3.63, 3.8) is 0 Å². The molecule has 0 unspecified atom stereocenters. The van der Waals surface area contributed by atoms with Crippen LogP contribution in [0.2, 0.25) is 0 Å². The molecule has 3 rings (SSSR count). The van der Waals surface area contributed by atoms with Crippen molar-refractivity contribution in [2.45, 2.75) is 25.3 Å². The lowest BCUT2D eigenvalue weighted by Crippen LogP contribution is -2.52. The van der Waals surface area contributed by atoms with Crippen LogP contribution in [0.3, 0.4) is 0 Å². The summed E-state index contributed by atoms with van der Waals surface area (Å²) in [7, 11) is 5.71. The van der Waals surface area contributed by atoms with Gasteiger partial charge in [-0.3, -0.25) is 0 Å². The molecule has 0 spiro atoms. The number of rotatable bonds is 3. The predicted octanol–water partition coefficient (Wildman–Crippen LogP) is 0.857. The molecule has 5 heteroatoms. The highest BCUT2D eigenvalue weighted by molar-refractivity contribution is 5.72. The van der Waals surface area contributed by atoms with Crippen molar-refractivity contribution in [1.82, 2.24) is 5.10 Å². The van der Waals surface area contributed by atoms with Gasteiger partial charge in [0.2, 0.25) is 0 Å². The number of benzene rings is 1. The summed E-state index contributed by atoms with van der Waals surface area (Å²) >= 11 is 0. The summed E-state index contributed by atoms with van der Waals surface area (Å²) in [5.74, 6) is 1.88. The third-order valence-electron chi connectivity index (χ3n) is 3.86. The Balaban J connectivity index is 2.07. The van der Waals surface area contributed by atoms with Crippen LogP contribution in [0.15, 0.2) is 18.2 Å². The summed E-state index contributed by atoms with van der Waals surface area (Å²) in [6, 6.07) is 6.57. The summed E-state index contributed by atoms with van der Waals surface area (Å²) in [6.45, 7) is 0. The third kappa shape index (κ3) is 2.09. The second-order valence-corrected chi connectivity index (χ2v) is 5.13. The molecule has 1 N–H and O–H groups in total. The average Bonchev–Trinajstić information content (AvgIpc) is 2.35. The van der Waals surface area contributed by atoms with Gasteiger partial charge in [-0.2, -0.15) is 9.88 Å². The van der Waals surface area contributed by atoms with Crippen LogP contribution < -0.4 is 19.3 Å². The molecule has 1 aliphatic carbocycles. The molecule has 0 amide bonds. The van der Waals surface area contributed by atoms with Crippen molar-refractivity contribution in [3.05, 3.63) is 18.2 Å². The fraction of sp³-hybridized carbons (Fsp3) is 0.500. The number of hydrogen-bond donors (Lipinski definition) is 1. The minimum absolute atomic E-state index is 0.592. The monoisotopic (exact) mass is 260 g/mol. The highest BCUT2D eigenvalue weighted by atomic mass is 16.5. The van der Waals surface area contributed by atoms with Crippen LogP contribution in [0.4, 0.5) is 5.95 Å². The average molecular weight is 260 g/mol. The molecule has 0 bridgehead atoms. The highest BCUT2D eigenvalue weighted by Gasteiger charge is 2.31. The zero-order valence-corrected chi connectivity index (χ0v) is 11.7. The minimum atomic E-state index is 0.592. The lowest BCUT2D eigenvalue weighted by atomic mass is 9.93. The fourth-order valence-corrected chi connectivity index (χ4v) is 2.46. The van der Waals surface area contributed by atoms with Crippen LogP contribution in [-0.4, -0.2) is 18.3 Å². The molecular formula is C14H20N4O+2. The maximum absolute atomic E-state index is 5.25. The van der Waals surface area contributed by atoms with Crippen molar-refractivity contribution in [2.24, 2.45) is 14.1 Å². The van der Waals surface area contributed by atoms with Crippen LogP contribution in [0.1, 0.15) is 19.3 Å². The van der Waals surface area contributed by atoms with Crippen molar-refractivity contribution in [3.8, 4) is 5.75 Å². The zero-order chi connectivity index (χ0) is 13.4. The lowest BCUT2D eigenvalue weighted by molar-refractivity contribution is -0.801. The van der Waals surface area contributed by atoms with Crippen molar-refractivity contribution < 1.29 is 14.0 Å². The SMILES string of the molecule is COc1ccc2c(c1)n[n+](C)c(NC1CCC1)[n+]2C. The Kier molecular flexibility index (Phi) is 2.97. The van der Waals surface area contributed by atoms with Crippen molar-refractivity contribution in [1.29, 1.82) is 0 Å². The highest BCUT2D eigenvalue weighted by Crippen LogP contribution is 2.21. The second kappa shape index (κ2) is 4.64. The number of ether oxygens (including phenoxy) is 1. The van der Waals surface area contributed by atoms with Gasteiger partial charge in [0.05, 0.1) is 7.11 Å². The fourth-order valence-electron chi connectivity index (χ4n) is 2.46. The first-order valence-electron chi connectivity index (χ1n) is 6.69. The molecule has 1 saturated carbocycles. The quantitative estimate of drug-likeness (QED) is 0.832.